The number of anilines is 1. The van der Waals surface area contributed by atoms with Crippen LogP contribution in [0.15, 0.2) is 97.1 Å². The SMILES string of the molecule is CCOC=O.COc1cc2c3c(c4c(c2cc1C)-c1ccccc1CC4)OC(c1ccccc1)(c1ccc(N)cc1)C=C3. The van der Waals surface area contributed by atoms with Gasteiger partial charge in [0, 0.05) is 27.9 Å². The minimum absolute atomic E-state index is 0.431. The molecule has 5 heteroatoms. The summed E-state index contributed by atoms with van der Waals surface area (Å²) in [6.07, 6.45) is 6.37. The number of carbonyl (C=O) groups excluding carboxylic acids is 1. The molecule has 1 unspecified atom stereocenters. The maximum atomic E-state index is 9.18. The average molecular weight is 570 g/mol. The molecule has 7 rings (SSSR count). The number of nitrogen functional groups attached to an aromatic ring is 1. The molecule has 43 heavy (non-hydrogen) atoms. The molecule has 216 valence electrons. The molecule has 0 bridgehead atoms. The van der Waals surface area contributed by atoms with Crippen LogP contribution in [0.2, 0.25) is 0 Å². The van der Waals surface area contributed by atoms with Crippen molar-refractivity contribution in [2.75, 3.05) is 19.5 Å². The molecule has 2 aliphatic rings. The Kier molecular flexibility index (Phi) is 7.64. The Morgan fingerprint density at radius 3 is 2.33 bits per heavy atom. The van der Waals surface area contributed by atoms with Crippen LogP contribution in [-0.4, -0.2) is 20.2 Å². The second-order valence-electron chi connectivity index (χ2n) is 10.8. The third-order valence-electron chi connectivity index (χ3n) is 8.37. The number of carbonyl (C=O) groups is 1. The van der Waals surface area contributed by atoms with Gasteiger partial charge in [0.05, 0.1) is 13.7 Å². The van der Waals surface area contributed by atoms with Crippen molar-refractivity contribution in [1.29, 1.82) is 0 Å². The topological polar surface area (TPSA) is 70.8 Å². The molecule has 1 atom stereocenters. The minimum Gasteiger partial charge on any atom is -0.496 e. The van der Waals surface area contributed by atoms with Crippen molar-refractivity contribution in [1.82, 2.24) is 0 Å². The van der Waals surface area contributed by atoms with Crippen molar-refractivity contribution in [2.24, 2.45) is 0 Å². The molecule has 2 N–H and O–H groups in total. The Balaban J connectivity index is 0.000000611. The monoisotopic (exact) mass is 569 g/mol. The summed E-state index contributed by atoms with van der Waals surface area (Å²) in [5.41, 5.74) is 15.6. The first-order valence-corrected chi connectivity index (χ1v) is 14.6. The van der Waals surface area contributed by atoms with Gasteiger partial charge in [-0.3, -0.25) is 4.79 Å². The third-order valence-corrected chi connectivity index (χ3v) is 8.37. The molecule has 5 aromatic rings. The second kappa shape index (κ2) is 11.7. The molecular formula is C38H35NO4. The van der Waals surface area contributed by atoms with E-state index in [0.29, 0.717) is 13.1 Å². The van der Waals surface area contributed by atoms with Crippen molar-refractivity contribution < 1.29 is 19.0 Å². The molecule has 1 aliphatic heterocycles. The molecule has 1 aliphatic carbocycles. The summed E-state index contributed by atoms with van der Waals surface area (Å²) in [5, 5.41) is 2.39. The molecule has 0 radical (unpaired) electrons. The Labute approximate surface area is 252 Å². The van der Waals surface area contributed by atoms with E-state index in [-0.39, 0.29) is 0 Å². The molecule has 0 saturated heterocycles. The lowest BCUT2D eigenvalue weighted by atomic mass is 9.78. The number of rotatable bonds is 5. The Bertz CT molecular complexity index is 1830. The van der Waals surface area contributed by atoms with Gasteiger partial charge in [0.25, 0.3) is 6.47 Å². The van der Waals surface area contributed by atoms with Crippen molar-refractivity contribution >= 4 is 29.0 Å². The van der Waals surface area contributed by atoms with Crippen LogP contribution in [0.1, 0.15) is 40.3 Å². The number of aryl methyl sites for hydroxylation is 2. The highest BCUT2D eigenvalue weighted by molar-refractivity contribution is 6.07. The Hall–Kier alpha value is -5.03. The van der Waals surface area contributed by atoms with Gasteiger partial charge >= 0.3 is 0 Å². The molecule has 0 aromatic heterocycles. The fourth-order valence-electron chi connectivity index (χ4n) is 6.33. The van der Waals surface area contributed by atoms with Crippen LogP contribution < -0.4 is 15.2 Å². The van der Waals surface area contributed by atoms with E-state index in [9.17, 15) is 4.79 Å². The number of hydrogen-bond donors (Lipinski definition) is 1. The van der Waals surface area contributed by atoms with Gasteiger partial charge < -0.3 is 19.9 Å². The van der Waals surface area contributed by atoms with E-state index in [2.05, 4.69) is 96.6 Å². The van der Waals surface area contributed by atoms with Gasteiger partial charge in [-0.25, -0.2) is 0 Å². The van der Waals surface area contributed by atoms with E-state index >= 15 is 0 Å². The first-order valence-electron chi connectivity index (χ1n) is 14.6. The van der Waals surface area contributed by atoms with Gasteiger partial charge in [-0.05, 0) is 96.1 Å². The Morgan fingerprint density at radius 2 is 1.63 bits per heavy atom. The lowest BCUT2D eigenvalue weighted by Crippen LogP contribution is -2.35. The van der Waals surface area contributed by atoms with Gasteiger partial charge in [0.15, 0.2) is 5.60 Å². The highest BCUT2D eigenvalue weighted by atomic mass is 16.5. The molecule has 5 aromatic carbocycles. The number of methoxy groups -OCH3 is 1. The Morgan fingerprint density at radius 1 is 0.907 bits per heavy atom. The first kappa shape index (κ1) is 28.1. The largest absolute Gasteiger partial charge is 0.496 e. The van der Waals surface area contributed by atoms with Crippen LogP contribution >= 0.6 is 0 Å². The van der Waals surface area contributed by atoms with Gasteiger partial charge in [0.2, 0.25) is 0 Å². The summed E-state index contributed by atoms with van der Waals surface area (Å²) in [5.74, 6) is 1.84. The summed E-state index contributed by atoms with van der Waals surface area (Å²) in [7, 11) is 1.74. The van der Waals surface area contributed by atoms with Crippen LogP contribution in [-0.2, 0) is 28.0 Å². The second-order valence-corrected chi connectivity index (χ2v) is 10.8. The van der Waals surface area contributed by atoms with E-state index in [1.165, 1.54) is 27.6 Å². The summed E-state index contributed by atoms with van der Waals surface area (Å²) in [4.78, 5) is 9.18. The number of benzene rings is 5. The van der Waals surface area contributed by atoms with Crippen LogP contribution in [0.3, 0.4) is 0 Å². The van der Waals surface area contributed by atoms with Gasteiger partial charge in [0.1, 0.15) is 11.5 Å². The highest BCUT2D eigenvalue weighted by Crippen LogP contribution is 2.52. The fraction of sp³-hybridized carbons (Fsp3) is 0.184. The number of hydrogen-bond acceptors (Lipinski definition) is 5. The van der Waals surface area contributed by atoms with Crippen molar-refractivity contribution in [2.45, 2.75) is 32.3 Å². The maximum Gasteiger partial charge on any atom is 0.293 e. The van der Waals surface area contributed by atoms with Crippen molar-refractivity contribution in [3.8, 4) is 22.6 Å². The van der Waals surface area contributed by atoms with E-state index in [0.717, 1.165) is 57.7 Å². The maximum absolute atomic E-state index is 9.18. The normalized spacial score (nSPS) is 16.1. The fourth-order valence-corrected chi connectivity index (χ4v) is 6.33. The highest BCUT2D eigenvalue weighted by Gasteiger charge is 2.39. The molecule has 5 nitrogen and oxygen atoms in total. The zero-order valence-electron chi connectivity index (χ0n) is 24.7. The number of nitrogens with two attached hydrogens (primary N) is 1. The van der Waals surface area contributed by atoms with Crippen molar-refractivity contribution in [3.63, 3.8) is 0 Å². The summed E-state index contributed by atoms with van der Waals surface area (Å²) in [6.45, 7) is 4.78. The van der Waals surface area contributed by atoms with Gasteiger partial charge in [-0.1, -0.05) is 66.7 Å². The molecular weight excluding hydrogens is 534 g/mol. The third kappa shape index (κ3) is 4.91. The van der Waals surface area contributed by atoms with E-state index in [1.54, 1.807) is 14.0 Å². The zero-order chi connectivity index (χ0) is 30.0. The first-order chi connectivity index (χ1) is 21.0. The predicted molar refractivity (Wildman–Crippen MR) is 174 cm³/mol. The van der Waals surface area contributed by atoms with E-state index in [4.69, 9.17) is 15.2 Å². The summed E-state index contributed by atoms with van der Waals surface area (Å²) >= 11 is 0. The predicted octanol–water partition coefficient (Wildman–Crippen LogP) is 8.03. The lowest BCUT2D eigenvalue weighted by Gasteiger charge is -2.39. The van der Waals surface area contributed by atoms with Crippen LogP contribution in [0, 0.1) is 6.92 Å². The number of ether oxygens (including phenoxy) is 3. The van der Waals surface area contributed by atoms with E-state index < -0.39 is 5.60 Å². The van der Waals surface area contributed by atoms with E-state index in [1.807, 2.05) is 18.2 Å². The standard InChI is InChI=1S/C35H29NO2.C3H6O2/c1-22-20-31-30(21-32(22)37-2)28-18-19-35(24-9-4-3-5-10-24,25-13-15-26(36)16-14-25)38-34(28)29-17-12-23-8-6-7-11-27(23)33(29)31;1-2-5-3-4/h3-11,13-16,18-21H,12,17,36H2,1-2H3;3H,2H2,1H3. The number of fused-ring (bicyclic) bond motifs is 8. The van der Waals surface area contributed by atoms with Crippen LogP contribution in [0.4, 0.5) is 5.69 Å². The average Bonchev–Trinajstić information content (AvgIpc) is 3.05. The molecule has 0 amide bonds. The smallest absolute Gasteiger partial charge is 0.293 e. The lowest BCUT2D eigenvalue weighted by molar-refractivity contribution is -0.128. The molecule has 0 saturated carbocycles. The van der Waals surface area contributed by atoms with Gasteiger partial charge in [-0.2, -0.15) is 0 Å². The van der Waals surface area contributed by atoms with Crippen LogP contribution in [0.5, 0.6) is 11.5 Å². The quantitative estimate of drug-likeness (QED) is 0.171. The van der Waals surface area contributed by atoms with Crippen molar-refractivity contribution in [3.05, 3.63) is 130 Å². The molecule has 1 heterocycles. The van der Waals surface area contributed by atoms with Crippen LogP contribution in [0.25, 0.3) is 28.0 Å². The van der Waals surface area contributed by atoms with Gasteiger partial charge in [-0.15, -0.1) is 0 Å². The molecule has 0 fully saturated rings. The zero-order valence-corrected chi connectivity index (χ0v) is 24.7. The summed E-state index contributed by atoms with van der Waals surface area (Å²) < 4.78 is 17.2. The minimum atomic E-state index is -0.769. The molecule has 0 spiro atoms. The summed E-state index contributed by atoms with van der Waals surface area (Å²) in [6, 6.07) is 31.8.